The van der Waals surface area contributed by atoms with E-state index >= 15 is 0 Å². The van der Waals surface area contributed by atoms with Gasteiger partial charge < -0.3 is 48.6 Å². The van der Waals surface area contributed by atoms with Gasteiger partial charge in [-0.15, -0.1) is 0 Å². The second-order valence-corrected chi connectivity index (χ2v) is 17.6. The first-order valence-electron chi connectivity index (χ1n) is 21.1. The van der Waals surface area contributed by atoms with E-state index in [2.05, 4.69) is 6.92 Å². The van der Waals surface area contributed by atoms with Crippen molar-refractivity contribution >= 4 is 17.7 Å². The van der Waals surface area contributed by atoms with Crippen molar-refractivity contribution in [3.63, 3.8) is 0 Å². The number of carbonyl (C=O) groups excluding carboxylic acids is 3. The highest BCUT2D eigenvalue weighted by molar-refractivity contribution is 5.94. The summed E-state index contributed by atoms with van der Waals surface area (Å²) < 4.78 is 36.4. The summed E-state index contributed by atoms with van der Waals surface area (Å²) in [4.78, 5) is 44.3. The van der Waals surface area contributed by atoms with Crippen molar-refractivity contribution < 1.29 is 58.1 Å². The van der Waals surface area contributed by atoms with Gasteiger partial charge in [-0.3, -0.25) is 9.59 Å². The summed E-state index contributed by atoms with van der Waals surface area (Å²) in [7, 11) is 4.77. The maximum absolute atomic E-state index is 14.8. The standard InChI is InChI=1S/C44H69NO12/c1-10-31-18-25(2)17-26(3)19-37(53-8)40-38(54-9)21-28(5)44(51,57-40)43(24-55-43)42(50)45-16-12-11-13-32(45)41(49)56-39(29(6)34(47)23-35(31)48)27(4)20-30-14-15-33(46)36(22-30)52-7/h12,16,18,20,26,28-34,36-40,46-47,51H,10-11,13-15,17,19,21-24H2,1-9H3/b25-18+,27-20+/t26-,28+,29+,30-,31+,32-,33+,34-,36+,37-,38-,39+,40+,43?,44+/m0/s1. The fourth-order valence-electron chi connectivity index (χ4n) is 9.79. The van der Waals surface area contributed by atoms with Gasteiger partial charge in [-0.05, 0) is 89.0 Å². The fourth-order valence-corrected chi connectivity index (χ4v) is 9.79. The molecule has 2 saturated heterocycles. The highest BCUT2D eigenvalue weighted by atomic mass is 16.7. The first-order chi connectivity index (χ1) is 27.0. The van der Waals surface area contributed by atoms with Gasteiger partial charge in [0.25, 0.3) is 5.91 Å². The number of epoxide rings is 1. The highest BCUT2D eigenvalue weighted by Crippen LogP contribution is 2.51. The molecular weight excluding hydrogens is 734 g/mol. The predicted octanol–water partition coefficient (Wildman–Crippen LogP) is 4.80. The summed E-state index contributed by atoms with van der Waals surface area (Å²) in [5.41, 5.74) is -0.0595. The zero-order chi connectivity index (χ0) is 41.8. The molecule has 2 bridgehead atoms. The van der Waals surface area contributed by atoms with Gasteiger partial charge in [0.1, 0.15) is 24.0 Å². The number of ether oxygens (including phenoxy) is 6. The average Bonchev–Trinajstić information content (AvgIpc) is 4.01. The Hall–Kier alpha value is -2.49. The zero-order valence-corrected chi connectivity index (χ0v) is 35.6. The van der Waals surface area contributed by atoms with Crippen LogP contribution in [-0.4, -0.2) is 126 Å². The number of amides is 1. The van der Waals surface area contributed by atoms with Crippen LogP contribution < -0.4 is 0 Å². The molecule has 5 rings (SSSR count). The number of rotatable bonds is 6. The van der Waals surface area contributed by atoms with Gasteiger partial charge in [0, 0.05) is 51.7 Å². The quantitative estimate of drug-likeness (QED) is 0.191. The van der Waals surface area contributed by atoms with Crippen LogP contribution in [0.1, 0.15) is 106 Å². The predicted molar refractivity (Wildman–Crippen MR) is 211 cm³/mol. The topological polar surface area (TPSA) is 174 Å². The Balaban J connectivity index is 1.55. The van der Waals surface area contributed by atoms with Gasteiger partial charge in [0.05, 0.1) is 37.1 Å². The number of Topliss-reactive ketones (excluding diaryl/α,β-unsaturated/α-hetero) is 1. The summed E-state index contributed by atoms with van der Waals surface area (Å²) in [5, 5.41) is 34.7. The Morgan fingerprint density at radius 3 is 2.25 bits per heavy atom. The Morgan fingerprint density at radius 2 is 1.61 bits per heavy atom. The summed E-state index contributed by atoms with van der Waals surface area (Å²) in [6.07, 6.45) is 7.30. The molecule has 0 aromatic heterocycles. The van der Waals surface area contributed by atoms with E-state index in [4.69, 9.17) is 28.4 Å². The summed E-state index contributed by atoms with van der Waals surface area (Å²) >= 11 is 0. The van der Waals surface area contributed by atoms with E-state index in [9.17, 15) is 29.7 Å². The van der Waals surface area contributed by atoms with Crippen LogP contribution in [-0.2, 0) is 42.8 Å². The summed E-state index contributed by atoms with van der Waals surface area (Å²) in [6.45, 7) is 11.4. The van der Waals surface area contributed by atoms with Crippen LogP contribution in [0.5, 0.6) is 0 Å². The molecule has 5 aliphatic rings. The zero-order valence-electron chi connectivity index (χ0n) is 35.6. The molecule has 1 saturated carbocycles. The lowest BCUT2D eigenvalue weighted by atomic mass is 9.78. The Kier molecular flexibility index (Phi) is 15.4. The minimum absolute atomic E-state index is 0.0215. The third-order valence-corrected chi connectivity index (χ3v) is 13.4. The second-order valence-electron chi connectivity index (χ2n) is 17.6. The van der Waals surface area contributed by atoms with Gasteiger partial charge in [-0.1, -0.05) is 51.5 Å². The number of esters is 1. The van der Waals surface area contributed by atoms with Crippen molar-refractivity contribution in [2.75, 3.05) is 27.9 Å². The van der Waals surface area contributed by atoms with E-state index in [1.807, 2.05) is 32.9 Å². The number of ketones is 1. The highest BCUT2D eigenvalue weighted by Gasteiger charge is 2.73. The Morgan fingerprint density at radius 1 is 0.947 bits per heavy atom. The van der Waals surface area contributed by atoms with Crippen LogP contribution in [0.25, 0.3) is 0 Å². The lowest BCUT2D eigenvalue weighted by Gasteiger charge is -2.50. The van der Waals surface area contributed by atoms with Gasteiger partial charge in [-0.2, -0.15) is 0 Å². The lowest BCUT2D eigenvalue weighted by Crippen LogP contribution is -2.67. The van der Waals surface area contributed by atoms with Crippen molar-refractivity contribution in [1.82, 2.24) is 4.90 Å². The molecule has 1 amide bonds. The lowest BCUT2D eigenvalue weighted by molar-refractivity contribution is -0.340. The number of fused-ring (bicyclic) bond motifs is 4. The number of allylic oxidation sites excluding steroid dienone is 4. The number of carbonyl (C=O) groups is 3. The van der Waals surface area contributed by atoms with E-state index in [-0.39, 0.29) is 43.2 Å². The molecule has 0 radical (unpaired) electrons. The molecule has 13 nitrogen and oxygen atoms in total. The maximum atomic E-state index is 14.8. The monoisotopic (exact) mass is 803 g/mol. The molecule has 1 spiro atoms. The van der Waals surface area contributed by atoms with Crippen LogP contribution >= 0.6 is 0 Å². The number of methoxy groups -OCH3 is 3. The Bertz CT molecular complexity index is 1510. The molecule has 322 valence electrons. The molecule has 13 heteroatoms. The molecule has 1 unspecified atom stereocenters. The summed E-state index contributed by atoms with van der Waals surface area (Å²) in [5.74, 6) is -5.04. The normalized spacial score (nSPS) is 44.1. The first-order valence-corrected chi connectivity index (χ1v) is 21.1. The van der Waals surface area contributed by atoms with Gasteiger partial charge in [0.15, 0.2) is 0 Å². The molecule has 0 aromatic carbocycles. The van der Waals surface area contributed by atoms with Gasteiger partial charge >= 0.3 is 5.97 Å². The van der Waals surface area contributed by atoms with Crippen molar-refractivity contribution in [1.29, 1.82) is 0 Å². The van der Waals surface area contributed by atoms with E-state index in [1.54, 1.807) is 47.5 Å². The first kappa shape index (κ1) is 45.6. The molecule has 57 heavy (non-hydrogen) atoms. The minimum atomic E-state index is -2.07. The van der Waals surface area contributed by atoms with E-state index in [1.165, 1.54) is 4.90 Å². The molecule has 0 aromatic rings. The second kappa shape index (κ2) is 19.3. The minimum Gasteiger partial charge on any atom is -0.456 e. The third-order valence-electron chi connectivity index (χ3n) is 13.4. The van der Waals surface area contributed by atoms with Crippen LogP contribution in [0.2, 0.25) is 0 Å². The molecule has 3 N–H and O–H groups in total. The number of cyclic esters (lactones) is 1. The average molecular weight is 804 g/mol. The molecule has 1 aliphatic carbocycles. The third kappa shape index (κ3) is 9.78. The fraction of sp³-hybridized carbons (Fsp3) is 0.795. The molecular formula is C44H69NO12. The van der Waals surface area contributed by atoms with Crippen molar-refractivity contribution in [2.24, 2.45) is 29.6 Å². The number of hydrogen-bond acceptors (Lipinski definition) is 12. The van der Waals surface area contributed by atoms with Crippen LogP contribution in [0, 0.1) is 29.6 Å². The van der Waals surface area contributed by atoms with Crippen molar-refractivity contribution in [3.05, 3.63) is 35.6 Å². The Labute approximate surface area is 339 Å². The van der Waals surface area contributed by atoms with Gasteiger partial charge in [-0.25, -0.2) is 4.79 Å². The molecule has 3 fully saturated rings. The largest absolute Gasteiger partial charge is 0.456 e. The van der Waals surface area contributed by atoms with E-state index in [0.29, 0.717) is 56.9 Å². The number of hydrogen-bond donors (Lipinski definition) is 3. The molecule has 15 atom stereocenters. The number of aliphatic hydroxyl groups is 3. The number of nitrogens with zero attached hydrogens (tertiary/aromatic N) is 1. The van der Waals surface area contributed by atoms with Crippen LogP contribution in [0.4, 0.5) is 0 Å². The van der Waals surface area contributed by atoms with Crippen LogP contribution in [0.3, 0.4) is 0 Å². The SMILES string of the molecule is CC[C@@H]1/C=C(\C)C[C@H](C)C[C@H](OC)[C@H]2O[C@](O)([C@H](C)C[C@@H]2OC)C2(CO2)C(=O)N2C=CCC[C@H]2C(=O)O[C@H](/C(C)=C/[C@@H]2CC[C@@H](O)[C@H](OC)C2)[C@H](C)[C@@H](O)CC1=O. The van der Waals surface area contributed by atoms with Crippen molar-refractivity contribution in [2.45, 2.75) is 166 Å². The summed E-state index contributed by atoms with van der Waals surface area (Å²) in [6, 6.07) is -1.06. The van der Waals surface area contributed by atoms with E-state index in [0.717, 1.165) is 5.57 Å². The maximum Gasteiger partial charge on any atom is 0.329 e. The molecule has 4 heterocycles. The smallest absolute Gasteiger partial charge is 0.329 e. The van der Waals surface area contributed by atoms with E-state index < -0.39 is 83.7 Å². The molecule has 4 aliphatic heterocycles. The number of aliphatic hydroxyl groups excluding tert-OH is 2. The van der Waals surface area contributed by atoms with Crippen molar-refractivity contribution in [3.8, 4) is 0 Å². The van der Waals surface area contributed by atoms with Crippen LogP contribution in [0.15, 0.2) is 35.6 Å². The van der Waals surface area contributed by atoms with Gasteiger partial charge in [0.2, 0.25) is 11.4 Å².